The molecule has 0 fully saturated rings. The summed E-state index contributed by atoms with van der Waals surface area (Å²) in [5, 5.41) is 0.900. The Morgan fingerprint density at radius 3 is 2.29 bits per heavy atom. The molecule has 0 aliphatic rings. The van der Waals surface area contributed by atoms with Gasteiger partial charge in [-0.2, -0.15) is 0 Å². The molecule has 0 aliphatic heterocycles. The first kappa shape index (κ1) is 11.3. The van der Waals surface area contributed by atoms with Crippen molar-refractivity contribution in [3.63, 3.8) is 0 Å². The van der Waals surface area contributed by atoms with Crippen molar-refractivity contribution in [1.82, 2.24) is 0 Å². The minimum atomic E-state index is -0.548. The maximum Gasteiger partial charge on any atom is 0.219 e. The molecule has 3 nitrogen and oxygen atoms in total. The first-order valence-electron chi connectivity index (χ1n) is 4.00. The number of nitrogens with two attached hydrogens (primary N) is 2. The minimum Gasteiger partial charge on any atom is -0.370 e. The average molecular weight is 233 g/mol. The van der Waals surface area contributed by atoms with Crippen molar-refractivity contribution in [1.29, 1.82) is 0 Å². The zero-order chi connectivity index (χ0) is 10.7. The summed E-state index contributed by atoms with van der Waals surface area (Å²) in [5.74, 6) is -0.478. The number of hydrogen-bond acceptors (Lipinski definition) is 2. The molecular formula is C9H10Cl2N2O. The van der Waals surface area contributed by atoms with Gasteiger partial charge in [-0.1, -0.05) is 29.3 Å². The zero-order valence-electron chi connectivity index (χ0n) is 7.34. The standard InChI is InChI=1S/C9H10Cl2N2O/c10-5-2-1-3-6(11)9(5)7(12)4-8(13)14/h1-3,7H,4,12H2,(H2,13,14)/t7-/m0/s1. The number of amides is 1. The lowest BCUT2D eigenvalue weighted by atomic mass is 10.0. The van der Waals surface area contributed by atoms with Crippen LogP contribution in [0.15, 0.2) is 18.2 Å². The fraction of sp³-hybridized carbons (Fsp3) is 0.222. The van der Waals surface area contributed by atoms with Gasteiger partial charge in [-0.3, -0.25) is 4.79 Å². The smallest absolute Gasteiger partial charge is 0.219 e. The lowest BCUT2D eigenvalue weighted by Crippen LogP contribution is -2.21. The highest BCUT2D eigenvalue weighted by Crippen LogP contribution is 2.30. The van der Waals surface area contributed by atoms with Gasteiger partial charge in [0, 0.05) is 28.1 Å². The molecule has 14 heavy (non-hydrogen) atoms. The highest BCUT2D eigenvalue weighted by molar-refractivity contribution is 6.36. The van der Waals surface area contributed by atoms with Crippen molar-refractivity contribution in [3.8, 4) is 0 Å². The van der Waals surface area contributed by atoms with Gasteiger partial charge in [0.1, 0.15) is 0 Å². The number of halogens is 2. The molecule has 1 aromatic carbocycles. The molecule has 1 atom stereocenters. The van der Waals surface area contributed by atoms with Crippen molar-refractivity contribution in [3.05, 3.63) is 33.8 Å². The van der Waals surface area contributed by atoms with E-state index in [1.165, 1.54) is 0 Å². The molecule has 76 valence electrons. The summed E-state index contributed by atoms with van der Waals surface area (Å²) in [7, 11) is 0. The summed E-state index contributed by atoms with van der Waals surface area (Å²) >= 11 is 11.8. The molecule has 0 saturated carbocycles. The molecule has 0 unspecified atom stereocenters. The monoisotopic (exact) mass is 232 g/mol. The van der Waals surface area contributed by atoms with E-state index in [2.05, 4.69) is 0 Å². The van der Waals surface area contributed by atoms with Crippen molar-refractivity contribution in [2.45, 2.75) is 12.5 Å². The Bertz CT molecular complexity index is 334. The van der Waals surface area contributed by atoms with Gasteiger partial charge in [0.15, 0.2) is 0 Å². The average Bonchev–Trinajstić information content (AvgIpc) is 2.01. The summed E-state index contributed by atoms with van der Waals surface area (Å²) in [6.07, 6.45) is 0.0312. The number of carbonyl (C=O) groups excluding carboxylic acids is 1. The molecule has 5 heteroatoms. The van der Waals surface area contributed by atoms with E-state index in [9.17, 15) is 4.79 Å². The number of primary amides is 1. The van der Waals surface area contributed by atoms with E-state index < -0.39 is 11.9 Å². The van der Waals surface area contributed by atoms with Gasteiger partial charge in [0.25, 0.3) is 0 Å². The molecule has 0 bridgehead atoms. The fourth-order valence-corrected chi connectivity index (χ4v) is 1.86. The topological polar surface area (TPSA) is 69.1 Å². The number of benzene rings is 1. The molecule has 0 radical (unpaired) electrons. The summed E-state index contributed by atoms with van der Waals surface area (Å²) in [6, 6.07) is 4.51. The molecule has 1 rings (SSSR count). The maximum absolute atomic E-state index is 10.7. The van der Waals surface area contributed by atoms with E-state index in [0.29, 0.717) is 15.6 Å². The maximum atomic E-state index is 10.7. The fourth-order valence-electron chi connectivity index (χ4n) is 1.18. The van der Waals surface area contributed by atoms with E-state index in [0.717, 1.165) is 0 Å². The van der Waals surface area contributed by atoms with Crippen LogP contribution in [0.3, 0.4) is 0 Å². The normalized spacial score (nSPS) is 12.5. The molecule has 1 amide bonds. The van der Waals surface area contributed by atoms with Crippen LogP contribution in [0.2, 0.25) is 10.0 Å². The lowest BCUT2D eigenvalue weighted by molar-refractivity contribution is -0.118. The van der Waals surface area contributed by atoms with Crippen LogP contribution in [0, 0.1) is 0 Å². The van der Waals surface area contributed by atoms with Crippen LogP contribution in [0.25, 0.3) is 0 Å². The second kappa shape index (κ2) is 4.64. The second-order valence-corrected chi connectivity index (χ2v) is 3.73. The van der Waals surface area contributed by atoms with E-state index in [1.807, 2.05) is 0 Å². The third-order valence-electron chi connectivity index (χ3n) is 1.79. The minimum absolute atomic E-state index is 0.0312. The summed E-state index contributed by atoms with van der Waals surface area (Å²) in [6.45, 7) is 0. The Morgan fingerprint density at radius 1 is 1.36 bits per heavy atom. The van der Waals surface area contributed by atoms with E-state index in [4.69, 9.17) is 34.7 Å². The van der Waals surface area contributed by atoms with Gasteiger partial charge in [-0.15, -0.1) is 0 Å². The molecule has 0 aliphatic carbocycles. The zero-order valence-corrected chi connectivity index (χ0v) is 8.85. The van der Waals surface area contributed by atoms with Crippen molar-refractivity contribution in [2.75, 3.05) is 0 Å². The molecule has 4 N–H and O–H groups in total. The first-order chi connectivity index (χ1) is 6.52. The molecular weight excluding hydrogens is 223 g/mol. The van der Waals surface area contributed by atoms with Crippen LogP contribution in [0.5, 0.6) is 0 Å². The predicted molar refractivity (Wildman–Crippen MR) is 57.2 cm³/mol. The van der Waals surface area contributed by atoms with Crippen LogP contribution in [0.1, 0.15) is 18.0 Å². The van der Waals surface area contributed by atoms with Gasteiger partial charge in [0.05, 0.1) is 0 Å². The Kier molecular flexibility index (Phi) is 3.75. The Labute approximate surface area is 92.0 Å². The van der Waals surface area contributed by atoms with Crippen LogP contribution < -0.4 is 11.5 Å². The van der Waals surface area contributed by atoms with E-state index in [-0.39, 0.29) is 6.42 Å². The largest absolute Gasteiger partial charge is 0.370 e. The quantitative estimate of drug-likeness (QED) is 0.836. The van der Waals surface area contributed by atoms with Gasteiger partial charge < -0.3 is 11.5 Å². The second-order valence-electron chi connectivity index (χ2n) is 2.91. The molecule has 0 heterocycles. The van der Waals surface area contributed by atoms with Crippen LogP contribution in [-0.2, 0) is 4.79 Å². The summed E-state index contributed by atoms with van der Waals surface area (Å²) < 4.78 is 0. The van der Waals surface area contributed by atoms with Gasteiger partial charge in [-0.05, 0) is 12.1 Å². The molecule has 0 aromatic heterocycles. The number of hydrogen-bond donors (Lipinski definition) is 2. The summed E-state index contributed by atoms with van der Waals surface area (Å²) in [5.41, 5.74) is 11.3. The molecule has 1 aromatic rings. The van der Waals surface area contributed by atoms with Gasteiger partial charge in [0.2, 0.25) is 5.91 Å². The van der Waals surface area contributed by atoms with Crippen molar-refractivity contribution < 1.29 is 4.79 Å². The van der Waals surface area contributed by atoms with Crippen LogP contribution in [-0.4, -0.2) is 5.91 Å². The highest BCUT2D eigenvalue weighted by atomic mass is 35.5. The van der Waals surface area contributed by atoms with Gasteiger partial charge >= 0.3 is 0 Å². The Morgan fingerprint density at radius 2 is 1.86 bits per heavy atom. The lowest BCUT2D eigenvalue weighted by Gasteiger charge is -2.13. The Hall–Kier alpha value is -0.770. The SMILES string of the molecule is NC(=O)C[C@H](N)c1c(Cl)cccc1Cl. The third kappa shape index (κ3) is 2.61. The van der Waals surface area contributed by atoms with Crippen molar-refractivity contribution in [2.24, 2.45) is 11.5 Å². The first-order valence-corrected chi connectivity index (χ1v) is 4.75. The Balaban J connectivity index is 2.99. The van der Waals surface area contributed by atoms with Crippen LogP contribution in [0.4, 0.5) is 0 Å². The summed E-state index contributed by atoms with van der Waals surface area (Å²) in [4.78, 5) is 10.7. The van der Waals surface area contributed by atoms with Gasteiger partial charge in [-0.25, -0.2) is 0 Å². The van der Waals surface area contributed by atoms with E-state index >= 15 is 0 Å². The third-order valence-corrected chi connectivity index (χ3v) is 2.45. The van der Waals surface area contributed by atoms with Crippen LogP contribution >= 0.6 is 23.2 Å². The van der Waals surface area contributed by atoms with E-state index in [1.54, 1.807) is 18.2 Å². The molecule has 0 saturated heterocycles. The number of rotatable bonds is 3. The predicted octanol–water partition coefficient (Wildman–Crippen LogP) is 1.87. The molecule has 0 spiro atoms. The highest BCUT2D eigenvalue weighted by Gasteiger charge is 2.15. The number of carbonyl (C=O) groups is 1. The van der Waals surface area contributed by atoms with Crippen molar-refractivity contribution >= 4 is 29.1 Å².